The Hall–Kier alpha value is -3.42. The molecule has 1 atom stereocenters. The zero-order valence-corrected chi connectivity index (χ0v) is 13.1. The topological polar surface area (TPSA) is 128 Å². The molecule has 0 radical (unpaired) electrons. The molecule has 3 aromatic rings. The summed E-state index contributed by atoms with van der Waals surface area (Å²) >= 11 is 0. The van der Waals surface area contributed by atoms with Crippen LogP contribution in [-0.2, 0) is 22.4 Å². The van der Waals surface area contributed by atoms with Crippen molar-refractivity contribution in [3.63, 3.8) is 0 Å². The van der Waals surface area contributed by atoms with Crippen molar-refractivity contribution in [1.29, 1.82) is 0 Å². The first-order valence-corrected chi connectivity index (χ1v) is 7.59. The van der Waals surface area contributed by atoms with Gasteiger partial charge in [-0.3, -0.25) is 4.79 Å². The number of carboxylic acid groups (broad SMARTS) is 2. The van der Waals surface area contributed by atoms with E-state index in [0.29, 0.717) is 5.56 Å². The monoisotopic (exact) mass is 340 g/mol. The third kappa shape index (κ3) is 3.74. The average Bonchev–Trinajstić information content (AvgIpc) is 2.98. The minimum atomic E-state index is -1.05. The van der Waals surface area contributed by atoms with Crippen LogP contribution in [-0.4, -0.2) is 43.1 Å². The summed E-state index contributed by atoms with van der Waals surface area (Å²) in [4.78, 5) is 33.5. The largest absolute Gasteiger partial charge is 0.481 e. The molecule has 128 valence electrons. The Balaban J connectivity index is 1.85. The summed E-state index contributed by atoms with van der Waals surface area (Å²) in [5.74, 6) is -1.88. The number of para-hydroxylation sites is 1. The molecule has 25 heavy (non-hydrogen) atoms. The van der Waals surface area contributed by atoms with Gasteiger partial charge in [0, 0.05) is 35.3 Å². The molecule has 8 heteroatoms. The van der Waals surface area contributed by atoms with Gasteiger partial charge in [0.05, 0.1) is 6.42 Å². The Kier molecular flexibility index (Phi) is 4.60. The standard InChI is InChI=1S/C17H16N4O4/c22-15(23)6-11-7-18-9-20-16(11)21-14(17(24)25)5-10-8-19-13-4-2-1-3-12(10)13/h1-4,7-9,14,19H,5-6H2,(H,22,23)(H,24,25)(H,18,20,21)/t14-/m0/s1. The number of H-pyrrole nitrogens is 1. The van der Waals surface area contributed by atoms with Crippen molar-refractivity contribution in [2.24, 2.45) is 0 Å². The molecule has 0 bridgehead atoms. The smallest absolute Gasteiger partial charge is 0.326 e. The highest BCUT2D eigenvalue weighted by Crippen LogP contribution is 2.21. The summed E-state index contributed by atoms with van der Waals surface area (Å²) in [6, 6.07) is 6.66. The van der Waals surface area contributed by atoms with Crippen LogP contribution in [0.3, 0.4) is 0 Å². The van der Waals surface area contributed by atoms with Gasteiger partial charge in [-0.05, 0) is 11.6 Å². The van der Waals surface area contributed by atoms with Crippen molar-refractivity contribution in [3.05, 3.63) is 54.1 Å². The van der Waals surface area contributed by atoms with E-state index in [-0.39, 0.29) is 18.7 Å². The number of benzene rings is 1. The lowest BCUT2D eigenvalue weighted by molar-refractivity contribution is -0.138. The van der Waals surface area contributed by atoms with Crippen LogP contribution in [0, 0.1) is 0 Å². The van der Waals surface area contributed by atoms with Crippen LogP contribution in [0.1, 0.15) is 11.1 Å². The van der Waals surface area contributed by atoms with Gasteiger partial charge < -0.3 is 20.5 Å². The van der Waals surface area contributed by atoms with Crippen molar-refractivity contribution in [3.8, 4) is 0 Å². The van der Waals surface area contributed by atoms with Crippen LogP contribution in [0.2, 0.25) is 0 Å². The van der Waals surface area contributed by atoms with Gasteiger partial charge in [-0.25, -0.2) is 14.8 Å². The number of aromatic nitrogens is 3. The molecule has 0 saturated heterocycles. The van der Waals surface area contributed by atoms with Gasteiger partial charge in [0.2, 0.25) is 0 Å². The fraction of sp³-hybridized carbons (Fsp3) is 0.176. The zero-order chi connectivity index (χ0) is 17.8. The Morgan fingerprint density at radius 1 is 1.20 bits per heavy atom. The molecule has 0 fully saturated rings. The van der Waals surface area contributed by atoms with Gasteiger partial charge in [-0.15, -0.1) is 0 Å². The van der Waals surface area contributed by atoms with E-state index in [4.69, 9.17) is 5.11 Å². The zero-order valence-electron chi connectivity index (χ0n) is 13.1. The summed E-state index contributed by atoms with van der Waals surface area (Å²) in [6.07, 6.45) is 4.32. The van der Waals surface area contributed by atoms with E-state index in [1.165, 1.54) is 12.5 Å². The second-order valence-electron chi connectivity index (χ2n) is 5.57. The number of carboxylic acids is 2. The third-order valence-corrected chi connectivity index (χ3v) is 3.84. The first kappa shape index (κ1) is 16.4. The SMILES string of the molecule is O=C(O)Cc1cncnc1N[C@@H](Cc1c[nH]c2ccccc12)C(=O)O. The molecule has 2 aromatic heterocycles. The third-order valence-electron chi connectivity index (χ3n) is 3.84. The summed E-state index contributed by atoms with van der Waals surface area (Å²) in [7, 11) is 0. The predicted octanol–water partition coefficient (Wildman–Crippen LogP) is 1.69. The minimum Gasteiger partial charge on any atom is -0.481 e. The number of nitrogens with zero attached hydrogens (tertiary/aromatic N) is 2. The molecule has 0 aliphatic carbocycles. The second kappa shape index (κ2) is 7.00. The van der Waals surface area contributed by atoms with Crippen molar-refractivity contribution in [2.45, 2.75) is 18.9 Å². The maximum absolute atomic E-state index is 11.7. The average molecular weight is 340 g/mol. The quantitative estimate of drug-likeness (QED) is 0.515. The number of aliphatic carboxylic acids is 2. The lowest BCUT2D eigenvalue weighted by Crippen LogP contribution is -2.32. The Morgan fingerprint density at radius 2 is 2.00 bits per heavy atom. The molecule has 0 amide bonds. The molecule has 0 aliphatic rings. The van der Waals surface area contributed by atoms with E-state index in [1.807, 2.05) is 24.3 Å². The molecule has 3 rings (SSSR count). The van der Waals surface area contributed by atoms with E-state index < -0.39 is 18.0 Å². The van der Waals surface area contributed by atoms with Crippen molar-refractivity contribution < 1.29 is 19.8 Å². The molecule has 0 aliphatic heterocycles. The number of aromatic amines is 1. The fourth-order valence-corrected chi connectivity index (χ4v) is 2.67. The number of hydrogen-bond acceptors (Lipinski definition) is 5. The maximum Gasteiger partial charge on any atom is 0.326 e. The van der Waals surface area contributed by atoms with E-state index in [0.717, 1.165) is 16.5 Å². The van der Waals surface area contributed by atoms with Gasteiger partial charge in [0.25, 0.3) is 0 Å². The highest BCUT2D eigenvalue weighted by Gasteiger charge is 2.22. The fourth-order valence-electron chi connectivity index (χ4n) is 2.67. The summed E-state index contributed by atoms with van der Waals surface area (Å²) in [6.45, 7) is 0. The highest BCUT2D eigenvalue weighted by atomic mass is 16.4. The molecular weight excluding hydrogens is 324 g/mol. The predicted molar refractivity (Wildman–Crippen MR) is 90.4 cm³/mol. The van der Waals surface area contributed by atoms with Gasteiger partial charge in [-0.1, -0.05) is 18.2 Å². The van der Waals surface area contributed by atoms with E-state index >= 15 is 0 Å². The van der Waals surface area contributed by atoms with Crippen LogP contribution in [0.5, 0.6) is 0 Å². The maximum atomic E-state index is 11.7. The van der Waals surface area contributed by atoms with Crippen LogP contribution < -0.4 is 5.32 Å². The number of nitrogens with one attached hydrogen (secondary N) is 2. The van der Waals surface area contributed by atoms with Crippen LogP contribution >= 0.6 is 0 Å². The van der Waals surface area contributed by atoms with E-state index in [1.54, 1.807) is 6.20 Å². The van der Waals surface area contributed by atoms with E-state index in [9.17, 15) is 14.7 Å². The summed E-state index contributed by atoms with van der Waals surface area (Å²) in [5, 5.41) is 22.3. The second-order valence-corrected chi connectivity index (χ2v) is 5.57. The van der Waals surface area contributed by atoms with E-state index in [2.05, 4.69) is 20.3 Å². The lowest BCUT2D eigenvalue weighted by Gasteiger charge is -2.16. The molecule has 8 nitrogen and oxygen atoms in total. The summed E-state index contributed by atoms with van der Waals surface area (Å²) in [5.41, 5.74) is 2.11. The Bertz CT molecular complexity index is 922. The number of rotatable bonds is 7. The molecule has 0 unspecified atom stereocenters. The molecular formula is C17H16N4O4. The molecule has 0 saturated carbocycles. The van der Waals surface area contributed by atoms with Crippen LogP contribution in [0.25, 0.3) is 10.9 Å². The van der Waals surface area contributed by atoms with Gasteiger partial charge in [0.15, 0.2) is 0 Å². The van der Waals surface area contributed by atoms with Crippen molar-refractivity contribution in [1.82, 2.24) is 15.0 Å². The minimum absolute atomic E-state index is 0.213. The molecule has 1 aromatic carbocycles. The first-order chi connectivity index (χ1) is 12.0. The number of carbonyl (C=O) groups is 2. The van der Waals surface area contributed by atoms with Gasteiger partial charge in [0.1, 0.15) is 18.2 Å². The molecule has 0 spiro atoms. The van der Waals surface area contributed by atoms with Gasteiger partial charge in [-0.2, -0.15) is 0 Å². The summed E-state index contributed by atoms with van der Waals surface area (Å²) < 4.78 is 0. The molecule has 4 N–H and O–H groups in total. The van der Waals surface area contributed by atoms with Crippen molar-refractivity contribution >= 4 is 28.7 Å². The number of fused-ring (bicyclic) bond motifs is 1. The molecule has 2 heterocycles. The highest BCUT2D eigenvalue weighted by molar-refractivity contribution is 5.85. The Labute approximate surface area is 142 Å². The first-order valence-electron chi connectivity index (χ1n) is 7.59. The van der Waals surface area contributed by atoms with Crippen LogP contribution in [0.4, 0.5) is 5.82 Å². The van der Waals surface area contributed by atoms with Crippen molar-refractivity contribution in [2.75, 3.05) is 5.32 Å². The van der Waals surface area contributed by atoms with Crippen LogP contribution in [0.15, 0.2) is 43.0 Å². The lowest BCUT2D eigenvalue weighted by atomic mass is 10.0. The Morgan fingerprint density at radius 3 is 2.76 bits per heavy atom. The number of anilines is 1. The number of hydrogen-bond donors (Lipinski definition) is 4. The van der Waals surface area contributed by atoms with Gasteiger partial charge >= 0.3 is 11.9 Å². The normalized spacial score (nSPS) is 12.0.